The van der Waals surface area contributed by atoms with Crippen LogP contribution in [0.25, 0.3) is 0 Å². The molecule has 3 rings (SSSR count). The normalized spacial score (nSPS) is 22.8. The summed E-state index contributed by atoms with van der Waals surface area (Å²) >= 11 is 0. The Kier molecular flexibility index (Phi) is 5.12. The lowest BCUT2D eigenvalue weighted by Crippen LogP contribution is -2.49. The number of amides is 2. The van der Waals surface area contributed by atoms with Gasteiger partial charge in [0, 0.05) is 37.4 Å². The van der Waals surface area contributed by atoms with Gasteiger partial charge in [0.1, 0.15) is 5.75 Å². The van der Waals surface area contributed by atoms with Crippen molar-refractivity contribution in [2.75, 3.05) is 38.2 Å². The van der Waals surface area contributed by atoms with Crippen LogP contribution in [0.1, 0.15) is 27.2 Å². The van der Waals surface area contributed by atoms with Gasteiger partial charge in [-0.15, -0.1) is 0 Å². The van der Waals surface area contributed by atoms with Crippen LogP contribution >= 0.6 is 0 Å². The highest BCUT2D eigenvalue weighted by Crippen LogP contribution is 2.40. The van der Waals surface area contributed by atoms with Crippen LogP contribution in [0.3, 0.4) is 0 Å². The van der Waals surface area contributed by atoms with Gasteiger partial charge in [0.05, 0.1) is 18.9 Å². The van der Waals surface area contributed by atoms with E-state index in [1.165, 1.54) is 0 Å². The molecule has 1 saturated heterocycles. The summed E-state index contributed by atoms with van der Waals surface area (Å²) in [5, 5.41) is 2.98. The molecule has 2 atom stereocenters. The van der Waals surface area contributed by atoms with E-state index in [0.717, 1.165) is 24.5 Å². The highest BCUT2D eigenvalue weighted by atomic mass is 16.5. The van der Waals surface area contributed by atoms with E-state index < -0.39 is 0 Å². The summed E-state index contributed by atoms with van der Waals surface area (Å²) < 4.78 is 5.19. The average molecular weight is 359 g/mol. The van der Waals surface area contributed by atoms with Gasteiger partial charge in [-0.2, -0.15) is 0 Å². The molecule has 6 heteroatoms. The van der Waals surface area contributed by atoms with Crippen LogP contribution in [0.15, 0.2) is 24.3 Å². The van der Waals surface area contributed by atoms with Gasteiger partial charge in [-0.1, -0.05) is 0 Å². The SMILES string of the molecule is COc1ccc(N2CCN(C(=O)C3CC3C(=O)NC(C)(C)C)CC2)cc1. The molecule has 1 aromatic carbocycles. The molecule has 1 saturated carbocycles. The summed E-state index contributed by atoms with van der Waals surface area (Å²) in [6.45, 7) is 8.91. The molecule has 1 N–H and O–H groups in total. The second-order valence-electron chi connectivity index (χ2n) is 8.20. The van der Waals surface area contributed by atoms with Gasteiger partial charge in [-0.3, -0.25) is 9.59 Å². The number of benzene rings is 1. The first-order chi connectivity index (χ1) is 12.3. The number of hydrogen-bond donors (Lipinski definition) is 1. The molecule has 2 amide bonds. The lowest BCUT2D eigenvalue weighted by atomic mass is 10.1. The number of piperazine rings is 1. The minimum atomic E-state index is -0.253. The van der Waals surface area contributed by atoms with Gasteiger partial charge >= 0.3 is 0 Å². The minimum Gasteiger partial charge on any atom is -0.497 e. The molecule has 1 aromatic rings. The molecule has 2 fully saturated rings. The molecule has 6 nitrogen and oxygen atoms in total. The number of carbonyl (C=O) groups excluding carboxylic acids is 2. The minimum absolute atomic E-state index is 0.00715. The summed E-state index contributed by atoms with van der Waals surface area (Å²) in [4.78, 5) is 29.1. The van der Waals surface area contributed by atoms with E-state index in [9.17, 15) is 9.59 Å². The maximum absolute atomic E-state index is 12.7. The zero-order valence-corrected chi connectivity index (χ0v) is 16.1. The van der Waals surface area contributed by atoms with Crippen molar-refractivity contribution in [3.05, 3.63) is 24.3 Å². The molecule has 0 aromatic heterocycles. The lowest BCUT2D eigenvalue weighted by molar-refractivity contribution is -0.135. The molecular weight excluding hydrogens is 330 g/mol. The lowest BCUT2D eigenvalue weighted by Gasteiger charge is -2.36. The molecule has 142 valence electrons. The standard InChI is InChI=1S/C20H29N3O3/c1-20(2,3)21-18(24)16-13-17(16)19(25)23-11-9-22(10-12-23)14-5-7-15(26-4)8-6-14/h5-8,16-17H,9-13H2,1-4H3,(H,21,24). The second-order valence-corrected chi connectivity index (χ2v) is 8.20. The Morgan fingerprint density at radius 1 is 1.04 bits per heavy atom. The van der Waals surface area contributed by atoms with Crippen molar-refractivity contribution in [1.29, 1.82) is 0 Å². The fourth-order valence-corrected chi connectivity index (χ4v) is 3.43. The molecule has 1 aliphatic heterocycles. The number of anilines is 1. The van der Waals surface area contributed by atoms with E-state index in [-0.39, 0.29) is 29.2 Å². The summed E-state index contributed by atoms with van der Waals surface area (Å²) in [6.07, 6.45) is 0.680. The first-order valence-corrected chi connectivity index (χ1v) is 9.28. The predicted octanol–water partition coefficient (Wildman–Crippen LogP) is 1.89. The maximum atomic E-state index is 12.7. The van der Waals surface area contributed by atoms with Crippen LogP contribution < -0.4 is 15.0 Å². The fourth-order valence-electron chi connectivity index (χ4n) is 3.43. The van der Waals surface area contributed by atoms with Crippen molar-refractivity contribution in [3.8, 4) is 5.75 Å². The predicted molar refractivity (Wildman–Crippen MR) is 101 cm³/mol. The monoisotopic (exact) mass is 359 g/mol. The third kappa shape index (κ3) is 4.29. The first kappa shape index (κ1) is 18.5. The molecule has 0 spiro atoms. The zero-order chi connectivity index (χ0) is 18.9. The van der Waals surface area contributed by atoms with Crippen molar-refractivity contribution in [3.63, 3.8) is 0 Å². The van der Waals surface area contributed by atoms with Gasteiger partial charge in [-0.05, 0) is 51.5 Å². The molecule has 0 radical (unpaired) electrons. The van der Waals surface area contributed by atoms with E-state index in [1.54, 1.807) is 7.11 Å². The molecule has 1 heterocycles. The Labute approximate surface area is 155 Å². The molecule has 2 aliphatic rings. The van der Waals surface area contributed by atoms with E-state index in [1.807, 2.05) is 49.9 Å². The number of carbonyl (C=O) groups is 2. The van der Waals surface area contributed by atoms with E-state index >= 15 is 0 Å². The number of hydrogen-bond acceptors (Lipinski definition) is 4. The first-order valence-electron chi connectivity index (χ1n) is 9.28. The van der Waals surface area contributed by atoms with Crippen molar-refractivity contribution in [2.24, 2.45) is 11.8 Å². The second kappa shape index (κ2) is 7.17. The average Bonchev–Trinajstić information content (AvgIpc) is 3.41. The van der Waals surface area contributed by atoms with Gasteiger partial charge in [0.2, 0.25) is 11.8 Å². The Morgan fingerprint density at radius 3 is 2.19 bits per heavy atom. The van der Waals surface area contributed by atoms with Crippen LogP contribution in [-0.2, 0) is 9.59 Å². The van der Waals surface area contributed by atoms with Crippen molar-refractivity contribution in [1.82, 2.24) is 10.2 Å². The highest BCUT2D eigenvalue weighted by molar-refractivity contribution is 5.92. The topological polar surface area (TPSA) is 61.9 Å². The highest BCUT2D eigenvalue weighted by Gasteiger charge is 2.50. The smallest absolute Gasteiger partial charge is 0.226 e. The molecular formula is C20H29N3O3. The Hall–Kier alpha value is -2.24. The van der Waals surface area contributed by atoms with Crippen LogP contribution in [-0.4, -0.2) is 55.5 Å². The summed E-state index contributed by atoms with van der Waals surface area (Å²) in [7, 11) is 1.66. The third-order valence-electron chi connectivity index (χ3n) is 4.97. The number of rotatable bonds is 4. The van der Waals surface area contributed by atoms with E-state index in [2.05, 4.69) is 10.2 Å². The maximum Gasteiger partial charge on any atom is 0.226 e. The molecule has 1 aliphatic carbocycles. The van der Waals surface area contributed by atoms with Gasteiger partial charge in [0.15, 0.2) is 0 Å². The number of nitrogens with zero attached hydrogens (tertiary/aromatic N) is 2. The Morgan fingerprint density at radius 2 is 1.65 bits per heavy atom. The van der Waals surface area contributed by atoms with E-state index in [4.69, 9.17) is 4.74 Å². The molecule has 0 bridgehead atoms. The summed E-state index contributed by atoms with van der Waals surface area (Å²) in [6, 6.07) is 8.00. The molecule has 26 heavy (non-hydrogen) atoms. The summed E-state index contributed by atoms with van der Waals surface area (Å²) in [5.41, 5.74) is 0.892. The van der Waals surface area contributed by atoms with Crippen LogP contribution in [0, 0.1) is 11.8 Å². The van der Waals surface area contributed by atoms with Crippen LogP contribution in [0.2, 0.25) is 0 Å². The van der Waals surface area contributed by atoms with Gasteiger partial charge in [0.25, 0.3) is 0 Å². The number of methoxy groups -OCH3 is 1. The van der Waals surface area contributed by atoms with Gasteiger partial charge in [-0.25, -0.2) is 0 Å². The largest absolute Gasteiger partial charge is 0.497 e. The van der Waals surface area contributed by atoms with Gasteiger partial charge < -0.3 is 19.9 Å². The Bertz CT molecular complexity index is 658. The van der Waals surface area contributed by atoms with Crippen molar-refractivity contribution >= 4 is 17.5 Å². The number of ether oxygens (including phenoxy) is 1. The fraction of sp³-hybridized carbons (Fsp3) is 0.600. The number of nitrogens with one attached hydrogen (secondary N) is 1. The van der Waals surface area contributed by atoms with Crippen molar-refractivity contribution in [2.45, 2.75) is 32.7 Å². The van der Waals surface area contributed by atoms with Crippen molar-refractivity contribution < 1.29 is 14.3 Å². The van der Waals surface area contributed by atoms with Crippen LogP contribution in [0.4, 0.5) is 5.69 Å². The third-order valence-corrected chi connectivity index (χ3v) is 4.97. The van der Waals surface area contributed by atoms with Crippen LogP contribution in [0.5, 0.6) is 5.75 Å². The summed E-state index contributed by atoms with van der Waals surface area (Å²) in [5.74, 6) is 0.697. The quantitative estimate of drug-likeness (QED) is 0.892. The van der Waals surface area contributed by atoms with E-state index in [0.29, 0.717) is 19.5 Å². The zero-order valence-electron chi connectivity index (χ0n) is 16.1. The molecule has 2 unspecified atom stereocenters. The Balaban J connectivity index is 1.49.